The van der Waals surface area contributed by atoms with Gasteiger partial charge >= 0.3 is 7.60 Å². The Labute approximate surface area is 95.6 Å². The molecular weight excluding hydrogens is 229 g/mol. The van der Waals surface area contributed by atoms with Gasteiger partial charge in [-0.15, -0.1) is 0 Å². The summed E-state index contributed by atoms with van der Waals surface area (Å²) in [5.74, 6) is 0.664. The van der Waals surface area contributed by atoms with Gasteiger partial charge in [-0.3, -0.25) is 4.57 Å². The van der Waals surface area contributed by atoms with Gasteiger partial charge in [-0.25, -0.2) is 0 Å². The average Bonchev–Trinajstić information content (AvgIpc) is 2.50. The number of aryl methyl sites for hydroxylation is 2. The molecule has 0 atom stereocenters. The summed E-state index contributed by atoms with van der Waals surface area (Å²) < 4.78 is 27.7. The highest BCUT2D eigenvalue weighted by Gasteiger charge is 2.27. The van der Waals surface area contributed by atoms with Crippen molar-refractivity contribution < 1.29 is 18.1 Å². The van der Waals surface area contributed by atoms with Gasteiger partial charge in [0.25, 0.3) is 0 Å². The normalized spacial score (nSPS) is 12.0. The lowest BCUT2D eigenvalue weighted by molar-refractivity contribution is 0.219. The van der Waals surface area contributed by atoms with E-state index < -0.39 is 7.60 Å². The minimum atomic E-state index is -3.06. The first-order chi connectivity index (χ1) is 7.52. The summed E-state index contributed by atoms with van der Waals surface area (Å²) in [5.41, 5.74) is 1.54. The fraction of sp³-hybridized carbons (Fsp3) is 0.700. The highest BCUT2D eigenvalue weighted by atomic mass is 31.2. The van der Waals surface area contributed by atoms with Crippen LogP contribution < -0.4 is 0 Å². The molecule has 0 radical (unpaired) electrons. The quantitative estimate of drug-likeness (QED) is 0.723. The SMILES string of the molecule is CCOP(=O)(Cc1c(C)noc1C)OCC. The second kappa shape index (κ2) is 5.62. The fourth-order valence-electron chi connectivity index (χ4n) is 1.44. The topological polar surface area (TPSA) is 61.6 Å². The Morgan fingerprint density at radius 1 is 1.25 bits per heavy atom. The largest absolute Gasteiger partial charge is 0.361 e. The third-order valence-electron chi connectivity index (χ3n) is 2.18. The van der Waals surface area contributed by atoms with Crippen molar-refractivity contribution >= 4 is 7.60 Å². The minimum absolute atomic E-state index is 0.218. The number of aromatic nitrogens is 1. The maximum absolute atomic E-state index is 12.3. The Balaban J connectivity index is 2.87. The Hall–Kier alpha value is -0.640. The van der Waals surface area contributed by atoms with Crippen molar-refractivity contribution in [2.45, 2.75) is 33.9 Å². The van der Waals surface area contributed by atoms with Crippen LogP contribution in [-0.2, 0) is 19.8 Å². The highest BCUT2D eigenvalue weighted by Crippen LogP contribution is 2.52. The zero-order valence-corrected chi connectivity index (χ0v) is 11.0. The molecule has 5 nitrogen and oxygen atoms in total. The molecule has 6 heteroatoms. The van der Waals surface area contributed by atoms with Crippen molar-refractivity contribution in [3.63, 3.8) is 0 Å². The van der Waals surface area contributed by atoms with Crippen LogP contribution in [0.1, 0.15) is 30.9 Å². The second-order valence-corrected chi connectivity index (χ2v) is 5.46. The Morgan fingerprint density at radius 3 is 2.19 bits per heavy atom. The van der Waals surface area contributed by atoms with Gasteiger partial charge in [0.15, 0.2) is 0 Å². The van der Waals surface area contributed by atoms with E-state index in [0.29, 0.717) is 19.0 Å². The molecule has 0 aromatic carbocycles. The van der Waals surface area contributed by atoms with Crippen molar-refractivity contribution in [2.24, 2.45) is 0 Å². The molecule has 0 fully saturated rings. The third-order valence-corrected chi connectivity index (χ3v) is 4.19. The standard InChI is InChI=1S/C10H18NO4P/c1-5-13-16(12,14-6-2)7-10-8(3)11-15-9(10)4/h5-7H2,1-4H3. The van der Waals surface area contributed by atoms with Crippen molar-refractivity contribution in [1.29, 1.82) is 0 Å². The van der Waals surface area contributed by atoms with E-state index in [9.17, 15) is 4.57 Å². The number of nitrogens with zero attached hydrogens (tertiary/aromatic N) is 1. The van der Waals surface area contributed by atoms with Crippen LogP contribution in [0, 0.1) is 13.8 Å². The fourth-order valence-corrected chi connectivity index (χ4v) is 3.33. The first-order valence-electron chi connectivity index (χ1n) is 5.32. The number of hydrogen-bond donors (Lipinski definition) is 0. The summed E-state index contributed by atoms with van der Waals surface area (Å²) in [5, 5.41) is 3.81. The van der Waals surface area contributed by atoms with Gasteiger partial charge < -0.3 is 13.6 Å². The van der Waals surface area contributed by atoms with Crippen molar-refractivity contribution in [2.75, 3.05) is 13.2 Å². The molecule has 1 aromatic heterocycles. The average molecular weight is 247 g/mol. The molecule has 0 saturated heterocycles. The van der Waals surface area contributed by atoms with E-state index in [0.717, 1.165) is 11.3 Å². The molecule has 1 heterocycles. The van der Waals surface area contributed by atoms with E-state index in [4.69, 9.17) is 13.6 Å². The lowest BCUT2D eigenvalue weighted by Crippen LogP contribution is -2.00. The smallest absolute Gasteiger partial charge is 0.335 e. The molecule has 0 spiro atoms. The zero-order chi connectivity index (χ0) is 12.2. The number of rotatable bonds is 6. The maximum Gasteiger partial charge on any atom is 0.335 e. The highest BCUT2D eigenvalue weighted by molar-refractivity contribution is 7.53. The van der Waals surface area contributed by atoms with Crippen LogP contribution in [0.4, 0.5) is 0 Å². The predicted octanol–water partition coefficient (Wildman–Crippen LogP) is 3.06. The minimum Gasteiger partial charge on any atom is -0.361 e. The van der Waals surface area contributed by atoms with Crippen LogP contribution >= 0.6 is 7.60 Å². The van der Waals surface area contributed by atoms with Gasteiger partial charge in [-0.1, -0.05) is 5.16 Å². The van der Waals surface area contributed by atoms with Gasteiger partial charge in [0, 0.05) is 5.56 Å². The van der Waals surface area contributed by atoms with Gasteiger partial charge in [0.2, 0.25) is 0 Å². The van der Waals surface area contributed by atoms with Gasteiger partial charge in [-0.05, 0) is 27.7 Å². The van der Waals surface area contributed by atoms with Gasteiger partial charge in [0.1, 0.15) is 5.76 Å². The summed E-state index contributed by atoms with van der Waals surface area (Å²) in [6.45, 7) is 7.91. The lowest BCUT2D eigenvalue weighted by Gasteiger charge is -2.16. The van der Waals surface area contributed by atoms with E-state index in [1.54, 1.807) is 20.8 Å². The number of hydrogen-bond acceptors (Lipinski definition) is 5. The van der Waals surface area contributed by atoms with Crippen molar-refractivity contribution in [3.8, 4) is 0 Å². The molecule has 92 valence electrons. The Kier molecular flexibility index (Phi) is 4.71. The summed E-state index contributed by atoms with van der Waals surface area (Å²) in [4.78, 5) is 0. The monoisotopic (exact) mass is 247 g/mol. The van der Waals surface area contributed by atoms with Crippen molar-refractivity contribution in [3.05, 3.63) is 17.0 Å². The van der Waals surface area contributed by atoms with Crippen LogP contribution in [0.25, 0.3) is 0 Å². The summed E-state index contributed by atoms with van der Waals surface area (Å²) >= 11 is 0. The molecule has 1 aromatic rings. The molecule has 16 heavy (non-hydrogen) atoms. The second-order valence-electron chi connectivity index (χ2n) is 3.41. The van der Waals surface area contributed by atoms with Crippen LogP contribution in [0.3, 0.4) is 0 Å². The van der Waals surface area contributed by atoms with E-state index in [1.165, 1.54) is 0 Å². The van der Waals surface area contributed by atoms with Crippen LogP contribution in [0.15, 0.2) is 4.52 Å². The van der Waals surface area contributed by atoms with Crippen molar-refractivity contribution in [1.82, 2.24) is 5.16 Å². The molecule has 0 N–H and O–H groups in total. The maximum atomic E-state index is 12.3. The molecule has 0 bridgehead atoms. The molecule has 0 saturated carbocycles. The van der Waals surface area contributed by atoms with E-state index in [2.05, 4.69) is 5.16 Å². The predicted molar refractivity (Wildman–Crippen MR) is 60.5 cm³/mol. The van der Waals surface area contributed by atoms with E-state index in [1.807, 2.05) is 6.92 Å². The van der Waals surface area contributed by atoms with E-state index in [-0.39, 0.29) is 6.16 Å². The van der Waals surface area contributed by atoms with Crippen LogP contribution in [-0.4, -0.2) is 18.4 Å². The summed E-state index contributed by atoms with van der Waals surface area (Å²) in [7, 11) is -3.06. The van der Waals surface area contributed by atoms with Crippen LogP contribution in [0.2, 0.25) is 0 Å². The first-order valence-corrected chi connectivity index (χ1v) is 7.05. The summed E-state index contributed by atoms with van der Waals surface area (Å²) in [6.07, 6.45) is 0.218. The first kappa shape index (κ1) is 13.4. The van der Waals surface area contributed by atoms with Gasteiger partial charge in [-0.2, -0.15) is 0 Å². The lowest BCUT2D eigenvalue weighted by atomic mass is 10.2. The zero-order valence-electron chi connectivity index (χ0n) is 10.1. The molecule has 1 rings (SSSR count). The third kappa shape index (κ3) is 3.17. The van der Waals surface area contributed by atoms with Crippen LogP contribution in [0.5, 0.6) is 0 Å². The Morgan fingerprint density at radius 2 is 1.81 bits per heavy atom. The molecule has 0 aliphatic heterocycles. The molecule has 0 aliphatic carbocycles. The molecule has 0 unspecified atom stereocenters. The van der Waals surface area contributed by atoms with Gasteiger partial charge in [0.05, 0.1) is 25.1 Å². The Bertz CT molecular complexity index is 359. The molecule has 0 amide bonds. The molecular formula is C10H18NO4P. The van der Waals surface area contributed by atoms with E-state index >= 15 is 0 Å². The molecule has 0 aliphatic rings. The summed E-state index contributed by atoms with van der Waals surface area (Å²) in [6, 6.07) is 0.